The largest absolute Gasteiger partial charge is 0.350 e. The van der Waals surface area contributed by atoms with Crippen LogP contribution < -0.4 is 0 Å². The molecule has 2 aliphatic carbocycles. The predicted molar refractivity (Wildman–Crippen MR) is 63.0 cm³/mol. The van der Waals surface area contributed by atoms with Crippen molar-refractivity contribution in [1.82, 2.24) is 0 Å². The Morgan fingerprint density at radius 2 is 2.06 bits per heavy atom. The van der Waals surface area contributed by atoms with Gasteiger partial charge in [0.05, 0.1) is 13.2 Å². The first-order valence-electron chi connectivity index (χ1n) is 6.60. The zero-order valence-corrected chi connectivity index (χ0v) is 10.4. The summed E-state index contributed by atoms with van der Waals surface area (Å²) in [6, 6.07) is 0. The fourth-order valence-electron chi connectivity index (χ4n) is 3.74. The van der Waals surface area contributed by atoms with Gasteiger partial charge in [-0.1, -0.05) is 18.6 Å². The first-order valence-corrected chi connectivity index (χ1v) is 6.60. The molecule has 0 amide bonds. The Morgan fingerprint density at radius 1 is 1.31 bits per heavy atom. The Hall–Kier alpha value is -0.340. The van der Waals surface area contributed by atoms with Crippen molar-refractivity contribution in [1.29, 1.82) is 0 Å². The van der Waals surface area contributed by atoms with Crippen LogP contribution in [0.5, 0.6) is 0 Å². The van der Waals surface area contributed by atoms with Crippen molar-refractivity contribution in [3.63, 3.8) is 0 Å². The number of hydrogen-bond donors (Lipinski definition) is 0. The van der Waals surface area contributed by atoms with Gasteiger partial charge in [-0.3, -0.25) is 0 Å². The minimum Gasteiger partial charge on any atom is -0.350 e. The van der Waals surface area contributed by atoms with Crippen molar-refractivity contribution in [2.45, 2.75) is 45.8 Å². The lowest BCUT2D eigenvalue weighted by Gasteiger charge is -2.48. The van der Waals surface area contributed by atoms with Gasteiger partial charge in [-0.25, -0.2) is 0 Å². The van der Waals surface area contributed by atoms with Gasteiger partial charge in [0.25, 0.3) is 0 Å². The van der Waals surface area contributed by atoms with E-state index in [-0.39, 0.29) is 11.7 Å². The molecule has 0 N–H and O–H groups in total. The average Bonchev–Trinajstić information content (AvgIpc) is 2.81. The van der Waals surface area contributed by atoms with Gasteiger partial charge >= 0.3 is 0 Å². The number of fused-ring (bicyclic) bond motifs is 2. The maximum absolute atomic E-state index is 5.77. The van der Waals surface area contributed by atoms with Gasteiger partial charge < -0.3 is 9.47 Å². The van der Waals surface area contributed by atoms with E-state index in [1.54, 1.807) is 5.57 Å². The maximum atomic E-state index is 5.77. The molecule has 1 saturated carbocycles. The van der Waals surface area contributed by atoms with Crippen molar-refractivity contribution in [2.75, 3.05) is 13.2 Å². The van der Waals surface area contributed by atoms with Gasteiger partial charge in [-0.05, 0) is 44.4 Å². The van der Waals surface area contributed by atoms with Crippen LogP contribution in [0.3, 0.4) is 0 Å². The summed E-state index contributed by atoms with van der Waals surface area (Å²) in [4.78, 5) is 0. The summed E-state index contributed by atoms with van der Waals surface area (Å²) in [7, 11) is 0. The highest BCUT2D eigenvalue weighted by atomic mass is 16.7. The molecule has 0 aromatic carbocycles. The van der Waals surface area contributed by atoms with Gasteiger partial charge in [0.1, 0.15) is 0 Å². The van der Waals surface area contributed by atoms with E-state index in [0.717, 1.165) is 25.0 Å². The van der Waals surface area contributed by atoms with Gasteiger partial charge in [-0.15, -0.1) is 0 Å². The second-order valence-electron chi connectivity index (χ2n) is 5.93. The second-order valence-corrected chi connectivity index (χ2v) is 5.93. The van der Waals surface area contributed by atoms with Crippen LogP contribution in [0.2, 0.25) is 0 Å². The summed E-state index contributed by atoms with van der Waals surface area (Å²) in [5.41, 5.74) is 1.87. The summed E-state index contributed by atoms with van der Waals surface area (Å²) in [6.45, 7) is 6.24. The van der Waals surface area contributed by atoms with E-state index in [9.17, 15) is 0 Å². The third-order valence-corrected chi connectivity index (χ3v) is 5.06. The maximum Gasteiger partial charge on any atom is 0.163 e. The van der Waals surface area contributed by atoms with Crippen LogP contribution in [-0.2, 0) is 9.47 Å². The van der Waals surface area contributed by atoms with E-state index in [1.165, 1.54) is 25.7 Å². The van der Waals surface area contributed by atoms with Gasteiger partial charge in [0, 0.05) is 5.41 Å². The molecule has 1 heterocycles. The number of allylic oxidation sites excluding steroid dienone is 2. The normalized spacial score (nSPS) is 44.5. The van der Waals surface area contributed by atoms with E-state index in [2.05, 4.69) is 19.9 Å². The Kier molecular flexibility index (Phi) is 2.60. The number of ether oxygens (including phenoxy) is 2. The molecule has 16 heavy (non-hydrogen) atoms. The summed E-state index contributed by atoms with van der Waals surface area (Å²) in [5.74, 6) is 1.60. The highest BCUT2D eigenvalue weighted by Crippen LogP contribution is 2.53. The minimum atomic E-state index is 0.0604. The molecule has 0 aromatic rings. The lowest BCUT2D eigenvalue weighted by atomic mass is 9.59. The topological polar surface area (TPSA) is 18.5 Å². The van der Waals surface area contributed by atoms with E-state index in [1.807, 2.05) is 0 Å². The summed E-state index contributed by atoms with van der Waals surface area (Å²) >= 11 is 0. The second kappa shape index (κ2) is 3.85. The third kappa shape index (κ3) is 1.54. The molecule has 1 aliphatic heterocycles. The molecule has 0 spiro atoms. The molecule has 90 valence electrons. The van der Waals surface area contributed by atoms with Crippen LogP contribution in [0.15, 0.2) is 11.6 Å². The lowest BCUT2D eigenvalue weighted by Crippen LogP contribution is -2.45. The molecule has 3 aliphatic rings. The first kappa shape index (κ1) is 10.8. The highest BCUT2D eigenvalue weighted by Gasteiger charge is 2.48. The van der Waals surface area contributed by atoms with E-state index >= 15 is 0 Å². The van der Waals surface area contributed by atoms with Crippen molar-refractivity contribution in [3.05, 3.63) is 11.6 Å². The van der Waals surface area contributed by atoms with Gasteiger partial charge in [0.2, 0.25) is 0 Å². The SMILES string of the molecule is CC1=CCC2CC1CCC2(C)C1OCCO1. The van der Waals surface area contributed by atoms with Crippen LogP contribution >= 0.6 is 0 Å². The summed E-state index contributed by atoms with van der Waals surface area (Å²) in [5, 5.41) is 0. The Morgan fingerprint density at radius 3 is 2.81 bits per heavy atom. The molecular formula is C14H22O2. The molecule has 0 aromatic heterocycles. The lowest BCUT2D eigenvalue weighted by molar-refractivity contribution is -0.164. The first-order chi connectivity index (χ1) is 7.70. The zero-order chi connectivity index (χ0) is 11.2. The monoisotopic (exact) mass is 222 g/mol. The molecule has 3 unspecified atom stereocenters. The highest BCUT2D eigenvalue weighted by molar-refractivity contribution is 5.13. The van der Waals surface area contributed by atoms with E-state index in [0.29, 0.717) is 0 Å². The van der Waals surface area contributed by atoms with Crippen molar-refractivity contribution < 1.29 is 9.47 Å². The zero-order valence-electron chi connectivity index (χ0n) is 10.4. The third-order valence-electron chi connectivity index (χ3n) is 5.06. The molecule has 2 fully saturated rings. The van der Waals surface area contributed by atoms with Crippen LogP contribution in [-0.4, -0.2) is 19.5 Å². The number of hydrogen-bond acceptors (Lipinski definition) is 2. The summed E-state index contributed by atoms with van der Waals surface area (Å²) in [6.07, 6.45) is 7.66. The standard InChI is InChI=1S/C14H22O2/c1-10-3-4-12-9-11(10)5-6-14(12,2)13-15-7-8-16-13/h3,11-13H,4-9H2,1-2H3. The van der Waals surface area contributed by atoms with E-state index < -0.39 is 0 Å². The Bertz CT molecular complexity index is 304. The average molecular weight is 222 g/mol. The molecule has 0 radical (unpaired) electrons. The van der Waals surface area contributed by atoms with Crippen molar-refractivity contribution >= 4 is 0 Å². The molecular weight excluding hydrogens is 200 g/mol. The molecule has 3 rings (SSSR count). The van der Waals surface area contributed by atoms with Crippen LogP contribution in [0.4, 0.5) is 0 Å². The Labute approximate surface area is 98.0 Å². The molecule has 1 saturated heterocycles. The molecule has 2 bridgehead atoms. The molecule has 2 heteroatoms. The van der Waals surface area contributed by atoms with Crippen LogP contribution in [0, 0.1) is 17.3 Å². The predicted octanol–water partition coefficient (Wildman–Crippen LogP) is 3.13. The number of rotatable bonds is 1. The smallest absolute Gasteiger partial charge is 0.163 e. The quantitative estimate of drug-likeness (QED) is 0.635. The molecule has 3 atom stereocenters. The molecule has 2 nitrogen and oxygen atoms in total. The van der Waals surface area contributed by atoms with Crippen LogP contribution in [0.1, 0.15) is 39.5 Å². The van der Waals surface area contributed by atoms with E-state index in [4.69, 9.17) is 9.47 Å². The van der Waals surface area contributed by atoms with Gasteiger partial charge in [-0.2, -0.15) is 0 Å². The van der Waals surface area contributed by atoms with Crippen molar-refractivity contribution in [2.24, 2.45) is 17.3 Å². The summed E-state index contributed by atoms with van der Waals surface area (Å²) < 4.78 is 11.5. The minimum absolute atomic E-state index is 0.0604. The Balaban J connectivity index is 1.82. The van der Waals surface area contributed by atoms with Gasteiger partial charge in [0.15, 0.2) is 6.29 Å². The van der Waals surface area contributed by atoms with Crippen molar-refractivity contribution in [3.8, 4) is 0 Å². The fourth-order valence-corrected chi connectivity index (χ4v) is 3.74. The fraction of sp³-hybridized carbons (Fsp3) is 0.857. The van der Waals surface area contributed by atoms with Crippen LogP contribution in [0.25, 0.3) is 0 Å².